The summed E-state index contributed by atoms with van der Waals surface area (Å²) in [7, 11) is 0. The van der Waals surface area contributed by atoms with Crippen molar-refractivity contribution >= 4 is 37.8 Å². The maximum absolute atomic E-state index is 12.6. The summed E-state index contributed by atoms with van der Waals surface area (Å²) in [6.07, 6.45) is -3.13. The number of carbonyl (C=O) groups is 1. The predicted molar refractivity (Wildman–Crippen MR) is 78.7 cm³/mol. The largest absolute Gasteiger partial charge is 0.406 e. The van der Waals surface area contributed by atoms with Crippen LogP contribution < -0.4 is 0 Å². The van der Waals surface area contributed by atoms with Gasteiger partial charge in [0.2, 0.25) is 0 Å². The fourth-order valence-corrected chi connectivity index (χ4v) is 2.87. The van der Waals surface area contributed by atoms with Crippen LogP contribution in [0.4, 0.5) is 13.2 Å². The van der Waals surface area contributed by atoms with Crippen LogP contribution in [0.5, 0.6) is 0 Å². The molecule has 0 saturated heterocycles. The zero-order valence-corrected chi connectivity index (χ0v) is 14.0. The number of alkyl halides is 3. The molecule has 7 heteroatoms. The second kappa shape index (κ2) is 7.45. The van der Waals surface area contributed by atoms with E-state index in [1.807, 2.05) is 6.92 Å². The number of rotatable bonds is 5. The first kappa shape index (κ1) is 17.5. The molecule has 0 aliphatic heterocycles. The van der Waals surface area contributed by atoms with Gasteiger partial charge in [0.05, 0.1) is 5.56 Å². The molecule has 112 valence electrons. The van der Waals surface area contributed by atoms with E-state index < -0.39 is 18.6 Å². The highest BCUT2D eigenvalue weighted by atomic mass is 79.9. The van der Waals surface area contributed by atoms with Crippen molar-refractivity contribution in [2.24, 2.45) is 0 Å². The lowest BCUT2D eigenvalue weighted by Gasteiger charge is -2.24. The van der Waals surface area contributed by atoms with Crippen LogP contribution >= 0.6 is 31.9 Å². The Bertz CT molecular complexity index is 477. The molecule has 0 fully saturated rings. The summed E-state index contributed by atoms with van der Waals surface area (Å²) in [6.45, 7) is 0.734. The maximum atomic E-state index is 12.6. The minimum Gasteiger partial charge on any atom is -0.330 e. The van der Waals surface area contributed by atoms with Gasteiger partial charge in [-0.25, -0.2) is 0 Å². The highest BCUT2D eigenvalue weighted by Gasteiger charge is 2.33. The maximum Gasteiger partial charge on any atom is 0.406 e. The van der Waals surface area contributed by atoms with Gasteiger partial charge in [-0.1, -0.05) is 29.3 Å². The highest BCUT2D eigenvalue weighted by molar-refractivity contribution is 9.11. The first-order valence-electron chi connectivity index (χ1n) is 6.05. The summed E-state index contributed by atoms with van der Waals surface area (Å²) < 4.78 is 38.9. The Morgan fingerprint density at radius 1 is 1.30 bits per heavy atom. The summed E-state index contributed by atoms with van der Waals surface area (Å²) in [5, 5.41) is 0. The number of unbranched alkanes of at least 4 members (excludes halogenated alkanes) is 1. The molecular formula is C13H14Br2F3NO. The second-order valence-electron chi connectivity index (χ2n) is 4.32. The van der Waals surface area contributed by atoms with E-state index in [0.717, 1.165) is 15.8 Å². The lowest BCUT2D eigenvalue weighted by Crippen LogP contribution is -2.39. The second-order valence-corrected chi connectivity index (χ2v) is 6.09. The number of amides is 1. The molecule has 1 amide bonds. The molecule has 0 spiro atoms. The Kier molecular flexibility index (Phi) is 6.51. The van der Waals surface area contributed by atoms with Crippen LogP contribution in [0.1, 0.15) is 30.1 Å². The SMILES string of the molecule is CCCCN(CC(F)(F)F)C(=O)c1ccc(Br)cc1Br. The first-order chi connectivity index (χ1) is 9.24. The van der Waals surface area contributed by atoms with Gasteiger partial charge in [0, 0.05) is 15.5 Å². The average molecular weight is 417 g/mol. The molecule has 0 aromatic heterocycles. The summed E-state index contributed by atoms with van der Waals surface area (Å²) in [5.74, 6) is -0.616. The van der Waals surface area contributed by atoms with Crippen LogP contribution in [0, 0.1) is 0 Å². The van der Waals surface area contributed by atoms with E-state index in [2.05, 4.69) is 31.9 Å². The van der Waals surface area contributed by atoms with E-state index in [1.165, 1.54) is 6.07 Å². The quantitative estimate of drug-likeness (QED) is 0.660. The monoisotopic (exact) mass is 415 g/mol. The first-order valence-corrected chi connectivity index (χ1v) is 7.64. The van der Waals surface area contributed by atoms with Gasteiger partial charge < -0.3 is 4.90 Å². The molecule has 0 N–H and O–H groups in total. The molecule has 0 radical (unpaired) electrons. The number of hydrogen-bond acceptors (Lipinski definition) is 1. The fraction of sp³-hybridized carbons (Fsp3) is 0.462. The van der Waals surface area contributed by atoms with E-state index in [9.17, 15) is 18.0 Å². The minimum absolute atomic E-state index is 0.0946. The normalized spacial score (nSPS) is 11.5. The van der Waals surface area contributed by atoms with Gasteiger partial charge in [-0.3, -0.25) is 4.79 Å². The molecule has 0 saturated carbocycles. The summed E-state index contributed by atoms with van der Waals surface area (Å²) >= 11 is 6.44. The standard InChI is InChI=1S/C13H14Br2F3NO/c1-2-3-6-19(8-13(16,17)18)12(20)10-5-4-9(14)7-11(10)15/h4-5,7H,2-3,6,8H2,1H3. The third-order valence-corrected chi connectivity index (χ3v) is 3.75. The Labute approximate surface area is 132 Å². The Morgan fingerprint density at radius 3 is 2.45 bits per heavy atom. The molecule has 1 aromatic rings. The molecule has 0 bridgehead atoms. The molecule has 0 unspecified atom stereocenters. The van der Waals surface area contributed by atoms with Crippen molar-refractivity contribution in [3.63, 3.8) is 0 Å². The van der Waals surface area contributed by atoms with Gasteiger partial charge in [0.1, 0.15) is 6.54 Å². The molecule has 1 aromatic carbocycles. The lowest BCUT2D eigenvalue weighted by atomic mass is 10.2. The van der Waals surface area contributed by atoms with Crippen LogP contribution in [0.15, 0.2) is 27.1 Å². The summed E-state index contributed by atoms with van der Waals surface area (Å²) in [6, 6.07) is 4.77. The number of carbonyl (C=O) groups excluding carboxylic acids is 1. The Hall–Kier alpha value is -0.560. The summed E-state index contributed by atoms with van der Waals surface area (Å²) in [4.78, 5) is 13.1. The van der Waals surface area contributed by atoms with E-state index in [4.69, 9.17) is 0 Å². The van der Waals surface area contributed by atoms with Gasteiger partial charge in [-0.15, -0.1) is 0 Å². The van der Waals surface area contributed by atoms with Crippen molar-refractivity contribution < 1.29 is 18.0 Å². The van der Waals surface area contributed by atoms with Crippen molar-refractivity contribution in [1.29, 1.82) is 0 Å². The third-order valence-electron chi connectivity index (χ3n) is 2.60. The molecule has 0 aliphatic carbocycles. The molecule has 20 heavy (non-hydrogen) atoms. The smallest absolute Gasteiger partial charge is 0.330 e. The fourth-order valence-electron chi connectivity index (χ4n) is 1.65. The molecule has 0 heterocycles. The molecular weight excluding hydrogens is 403 g/mol. The van der Waals surface area contributed by atoms with Crippen LogP contribution in [0.2, 0.25) is 0 Å². The van der Waals surface area contributed by atoms with Crippen LogP contribution in [-0.4, -0.2) is 30.1 Å². The van der Waals surface area contributed by atoms with E-state index >= 15 is 0 Å². The lowest BCUT2D eigenvalue weighted by molar-refractivity contribution is -0.140. The van der Waals surface area contributed by atoms with Gasteiger partial charge in [0.15, 0.2) is 0 Å². The van der Waals surface area contributed by atoms with Crippen molar-refractivity contribution in [2.45, 2.75) is 25.9 Å². The topological polar surface area (TPSA) is 20.3 Å². The number of nitrogens with zero attached hydrogens (tertiary/aromatic N) is 1. The molecule has 2 nitrogen and oxygen atoms in total. The van der Waals surface area contributed by atoms with Gasteiger partial charge in [0.25, 0.3) is 5.91 Å². The van der Waals surface area contributed by atoms with Gasteiger partial charge in [-0.05, 0) is 40.5 Å². The van der Waals surface area contributed by atoms with E-state index in [1.54, 1.807) is 12.1 Å². The molecule has 0 aliphatic rings. The average Bonchev–Trinajstić information content (AvgIpc) is 2.32. The zero-order valence-electron chi connectivity index (χ0n) is 10.8. The van der Waals surface area contributed by atoms with Crippen molar-refractivity contribution in [1.82, 2.24) is 4.90 Å². The van der Waals surface area contributed by atoms with Crippen molar-refractivity contribution in [3.8, 4) is 0 Å². The van der Waals surface area contributed by atoms with Crippen LogP contribution in [0.3, 0.4) is 0 Å². The molecule has 0 atom stereocenters. The zero-order chi connectivity index (χ0) is 15.3. The predicted octanol–water partition coefficient (Wildman–Crippen LogP) is 5.02. The van der Waals surface area contributed by atoms with Crippen LogP contribution in [-0.2, 0) is 0 Å². The van der Waals surface area contributed by atoms with E-state index in [-0.39, 0.29) is 12.1 Å². The number of benzene rings is 1. The van der Waals surface area contributed by atoms with Gasteiger partial charge >= 0.3 is 6.18 Å². The van der Waals surface area contributed by atoms with Crippen LogP contribution in [0.25, 0.3) is 0 Å². The van der Waals surface area contributed by atoms with Crippen molar-refractivity contribution in [2.75, 3.05) is 13.1 Å². The third kappa shape index (κ3) is 5.44. The number of halogens is 5. The van der Waals surface area contributed by atoms with Gasteiger partial charge in [-0.2, -0.15) is 13.2 Å². The minimum atomic E-state index is -4.40. The molecule has 1 rings (SSSR count). The highest BCUT2D eigenvalue weighted by Crippen LogP contribution is 2.25. The Balaban J connectivity index is 2.96. The Morgan fingerprint density at radius 2 is 1.95 bits per heavy atom. The summed E-state index contributed by atoms with van der Waals surface area (Å²) in [5.41, 5.74) is 0.230. The van der Waals surface area contributed by atoms with Crippen molar-refractivity contribution in [3.05, 3.63) is 32.7 Å². The number of hydrogen-bond donors (Lipinski definition) is 0. The van der Waals surface area contributed by atoms with E-state index in [0.29, 0.717) is 10.9 Å².